The van der Waals surface area contributed by atoms with E-state index in [0.717, 1.165) is 48.6 Å². The molecule has 0 atom stereocenters. The van der Waals surface area contributed by atoms with Gasteiger partial charge in [0.25, 0.3) is 0 Å². The van der Waals surface area contributed by atoms with Gasteiger partial charge in [0.2, 0.25) is 0 Å². The lowest BCUT2D eigenvalue weighted by Crippen LogP contribution is -2.28. The third-order valence-corrected chi connectivity index (χ3v) is 3.34. The molecule has 0 aliphatic heterocycles. The highest BCUT2D eigenvalue weighted by molar-refractivity contribution is 5.83. The molecule has 19 heavy (non-hydrogen) atoms. The molecular formula is C15H22N4. The lowest BCUT2D eigenvalue weighted by Gasteiger charge is -2.18. The molecule has 0 saturated heterocycles. The number of benzene rings is 1. The van der Waals surface area contributed by atoms with Crippen LogP contribution in [0.3, 0.4) is 0 Å². The molecule has 0 radical (unpaired) electrons. The van der Waals surface area contributed by atoms with Crippen molar-refractivity contribution in [2.24, 2.45) is 0 Å². The molecule has 1 aromatic heterocycles. The summed E-state index contributed by atoms with van der Waals surface area (Å²) in [7, 11) is 0. The number of aromatic nitrogens is 1. The first-order valence-electron chi connectivity index (χ1n) is 6.85. The molecule has 0 saturated carbocycles. The summed E-state index contributed by atoms with van der Waals surface area (Å²) in [5.74, 6) is 0.921. The molecule has 4 nitrogen and oxygen atoms in total. The Morgan fingerprint density at radius 2 is 1.95 bits per heavy atom. The number of hydrogen-bond donors (Lipinski definition) is 2. The van der Waals surface area contributed by atoms with Crippen molar-refractivity contribution >= 4 is 22.4 Å². The summed E-state index contributed by atoms with van der Waals surface area (Å²) in [6.45, 7) is 8.49. The molecule has 1 heterocycles. The number of hydrogen-bond acceptors (Lipinski definition) is 4. The third kappa shape index (κ3) is 3.58. The minimum absolute atomic E-state index is 0.775. The van der Waals surface area contributed by atoms with E-state index < -0.39 is 0 Å². The molecule has 0 unspecified atom stereocenters. The Hall–Kier alpha value is -1.81. The van der Waals surface area contributed by atoms with Gasteiger partial charge in [-0.2, -0.15) is 0 Å². The molecule has 0 fully saturated rings. The average Bonchev–Trinajstić information content (AvgIpc) is 2.43. The summed E-state index contributed by atoms with van der Waals surface area (Å²) in [6, 6.07) is 9.85. The third-order valence-electron chi connectivity index (χ3n) is 3.34. The molecule has 0 bridgehead atoms. The number of nitrogens with two attached hydrogens (primary N) is 1. The minimum Gasteiger partial charge on any atom is -0.399 e. The van der Waals surface area contributed by atoms with E-state index in [-0.39, 0.29) is 0 Å². The first kappa shape index (κ1) is 13.6. The van der Waals surface area contributed by atoms with Crippen molar-refractivity contribution in [1.82, 2.24) is 9.88 Å². The topological polar surface area (TPSA) is 54.2 Å². The average molecular weight is 258 g/mol. The Morgan fingerprint density at radius 3 is 2.68 bits per heavy atom. The van der Waals surface area contributed by atoms with Crippen LogP contribution in [0.25, 0.3) is 10.9 Å². The number of pyridine rings is 1. The number of fused-ring (bicyclic) bond motifs is 1. The van der Waals surface area contributed by atoms with E-state index in [1.54, 1.807) is 0 Å². The van der Waals surface area contributed by atoms with Crippen LogP contribution in [0.2, 0.25) is 0 Å². The van der Waals surface area contributed by atoms with Gasteiger partial charge in [-0.1, -0.05) is 13.8 Å². The fourth-order valence-corrected chi connectivity index (χ4v) is 2.12. The number of nitrogen functional groups attached to an aromatic ring is 1. The number of rotatable bonds is 6. The Bertz CT molecular complexity index is 535. The van der Waals surface area contributed by atoms with Crippen LogP contribution < -0.4 is 11.1 Å². The SMILES string of the molecule is CCN(CC)CCNc1ccc2cc(N)ccc2n1. The zero-order valence-electron chi connectivity index (χ0n) is 11.7. The van der Waals surface area contributed by atoms with Crippen LogP contribution in [0.5, 0.6) is 0 Å². The van der Waals surface area contributed by atoms with Crippen LogP contribution in [0.1, 0.15) is 13.8 Å². The second-order valence-electron chi connectivity index (χ2n) is 4.60. The van der Waals surface area contributed by atoms with E-state index in [4.69, 9.17) is 5.73 Å². The molecule has 0 spiro atoms. The van der Waals surface area contributed by atoms with E-state index in [1.165, 1.54) is 0 Å². The van der Waals surface area contributed by atoms with Crippen molar-refractivity contribution in [1.29, 1.82) is 0 Å². The maximum absolute atomic E-state index is 5.76. The van der Waals surface area contributed by atoms with Crippen LogP contribution in [0.4, 0.5) is 11.5 Å². The number of nitrogens with one attached hydrogen (secondary N) is 1. The smallest absolute Gasteiger partial charge is 0.126 e. The zero-order valence-corrected chi connectivity index (χ0v) is 11.7. The maximum Gasteiger partial charge on any atom is 0.126 e. The number of anilines is 2. The van der Waals surface area contributed by atoms with Crippen molar-refractivity contribution in [3.63, 3.8) is 0 Å². The molecule has 0 aliphatic carbocycles. The van der Waals surface area contributed by atoms with E-state index in [0.29, 0.717) is 0 Å². The van der Waals surface area contributed by atoms with Crippen molar-refractivity contribution in [3.8, 4) is 0 Å². The van der Waals surface area contributed by atoms with Crippen molar-refractivity contribution in [2.45, 2.75) is 13.8 Å². The van der Waals surface area contributed by atoms with Crippen LogP contribution >= 0.6 is 0 Å². The van der Waals surface area contributed by atoms with Crippen LogP contribution in [-0.2, 0) is 0 Å². The Balaban J connectivity index is 1.99. The Morgan fingerprint density at radius 1 is 1.16 bits per heavy atom. The summed E-state index contributed by atoms with van der Waals surface area (Å²) in [5, 5.41) is 4.44. The summed E-state index contributed by atoms with van der Waals surface area (Å²) < 4.78 is 0. The van der Waals surface area contributed by atoms with E-state index >= 15 is 0 Å². The monoisotopic (exact) mass is 258 g/mol. The Labute approximate surface area is 114 Å². The second kappa shape index (κ2) is 6.38. The quantitative estimate of drug-likeness (QED) is 0.782. The number of likely N-dealkylation sites (N-methyl/N-ethyl adjacent to an activating group) is 1. The fourth-order valence-electron chi connectivity index (χ4n) is 2.12. The summed E-state index contributed by atoms with van der Waals surface area (Å²) in [6.07, 6.45) is 0. The zero-order chi connectivity index (χ0) is 13.7. The van der Waals surface area contributed by atoms with Crippen molar-refractivity contribution in [2.75, 3.05) is 37.2 Å². The molecule has 4 heteroatoms. The van der Waals surface area contributed by atoms with Crippen LogP contribution in [0, 0.1) is 0 Å². The van der Waals surface area contributed by atoms with Gasteiger partial charge >= 0.3 is 0 Å². The summed E-state index contributed by atoms with van der Waals surface area (Å²) in [4.78, 5) is 6.96. The fraction of sp³-hybridized carbons (Fsp3) is 0.400. The van der Waals surface area contributed by atoms with Gasteiger partial charge in [-0.3, -0.25) is 0 Å². The van der Waals surface area contributed by atoms with Crippen LogP contribution in [-0.4, -0.2) is 36.1 Å². The largest absolute Gasteiger partial charge is 0.399 e. The van der Waals surface area contributed by atoms with E-state index in [9.17, 15) is 0 Å². The molecule has 0 amide bonds. The minimum atomic E-state index is 0.775. The highest BCUT2D eigenvalue weighted by Crippen LogP contribution is 2.17. The summed E-state index contributed by atoms with van der Waals surface area (Å²) >= 11 is 0. The lowest BCUT2D eigenvalue weighted by atomic mass is 10.2. The van der Waals surface area contributed by atoms with Gasteiger partial charge < -0.3 is 16.0 Å². The summed E-state index contributed by atoms with van der Waals surface area (Å²) in [5.41, 5.74) is 7.51. The molecule has 2 rings (SSSR count). The normalized spacial score (nSPS) is 11.1. The highest BCUT2D eigenvalue weighted by atomic mass is 15.1. The highest BCUT2D eigenvalue weighted by Gasteiger charge is 2.01. The predicted molar refractivity (Wildman–Crippen MR) is 82.4 cm³/mol. The molecular weight excluding hydrogens is 236 g/mol. The molecule has 102 valence electrons. The van der Waals surface area contributed by atoms with Gasteiger partial charge in [-0.15, -0.1) is 0 Å². The second-order valence-corrected chi connectivity index (χ2v) is 4.60. The first-order valence-corrected chi connectivity index (χ1v) is 6.85. The molecule has 3 N–H and O–H groups in total. The standard InChI is InChI=1S/C15H22N4/c1-3-19(4-2)10-9-17-15-8-5-12-11-13(16)6-7-14(12)18-15/h5-8,11H,3-4,9-10,16H2,1-2H3,(H,17,18). The van der Waals surface area contributed by atoms with Gasteiger partial charge in [0.15, 0.2) is 0 Å². The van der Waals surface area contributed by atoms with E-state index in [1.807, 2.05) is 24.3 Å². The van der Waals surface area contributed by atoms with Gasteiger partial charge in [-0.25, -0.2) is 4.98 Å². The first-order chi connectivity index (χ1) is 9.22. The molecule has 2 aromatic rings. The van der Waals surface area contributed by atoms with Gasteiger partial charge in [0.1, 0.15) is 5.82 Å². The van der Waals surface area contributed by atoms with Gasteiger partial charge in [-0.05, 0) is 43.4 Å². The van der Waals surface area contributed by atoms with Crippen LogP contribution in [0.15, 0.2) is 30.3 Å². The number of nitrogens with zero attached hydrogens (tertiary/aromatic N) is 2. The van der Waals surface area contributed by atoms with Crippen molar-refractivity contribution < 1.29 is 0 Å². The Kier molecular flexibility index (Phi) is 4.58. The lowest BCUT2D eigenvalue weighted by molar-refractivity contribution is 0.316. The van der Waals surface area contributed by atoms with E-state index in [2.05, 4.69) is 35.1 Å². The molecule has 1 aromatic carbocycles. The predicted octanol–water partition coefficient (Wildman–Crippen LogP) is 2.57. The molecule has 0 aliphatic rings. The van der Waals surface area contributed by atoms with Crippen molar-refractivity contribution in [3.05, 3.63) is 30.3 Å². The maximum atomic E-state index is 5.76. The van der Waals surface area contributed by atoms with Gasteiger partial charge in [0.05, 0.1) is 5.52 Å². The van der Waals surface area contributed by atoms with Gasteiger partial charge in [0, 0.05) is 24.2 Å².